The fourth-order valence-corrected chi connectivity index (χ4v) is 2.27. The van der Waals surface area contributed by atoms with E-state index in [2.05, 4.69) is 4.98 Å². The summed E-state index contributed by atoms with van der Waals surface area (Å²) in [6.07, 6.45) is 2.67. The van der Waals surface area contributed by atoms with Gasteiger partial charge in [-0.3, -0.25) is 0 Å². The summed E-state index contributed by atoms with van der Waals surface area (Å²) in [4.78, 5) is 3.19. The van der Waals surface area contributed by atoms with Gasteiger partial charge in [-0.1, -0.05) is 17.6 Å². The average Bonchev–Trinajstić information content (AvgIpc) is 2.45. The van der Waals surface area contributed by atoms with Crippen molar-refractivity contribution in [1.29, 1.82) is 0 Å². The molecule has 0 bridgehead atoms. The van der Waals surface area contributed by atoms with Gasteiger partial charge in [0.15, 0.2) is 9.84 Å². The first-order chi connectivity index (χ1) is 6.48. The number of hydrogen-bond donors (Lipinski definition) is 1. The van der Waals surface area contributed by atoms with Crippen molar-refractivity contribution in [3.63, 3.8) is 0 Å². The van der Waals surface area contributed by atoms with Crippen molar-refractivity contribution >= 4 is 34.0 Å². The number of hydrogen-bond acceptors (Lipinski definition) is 2. The summed E-state index contributed by atoms with van der Waals surface area (Å²) in [6, 6.07) is 5.10. The molecule has 0 fully saturated rings. The van der Waals surface area contributed by atoms with Crippen LogP contribution in [0.5, 0.6) is 0 Å². The van der Waals surface area contributed by atoms with Crippen molar-refractivity contribution in [1.82, 2.24) is 4.98 Å². The lowest BCUT2D eigenvalue weighted by molar-refractivity contribution is 0.602. The zero-order chi connectivity index (χ0) is 10.3. The maximum absolute atomic E-state index is 11.3. The van der Waals surface area contributed by atoms with Crippen LogP contribution in [0, 0.1) is 0 Å². The van der Waals surface area contributed by atoms with Gasteiger partial charge in [0.05, 0.1) is 4.90 Å². The highest BCUT2D eigenvalue weighted by Gasteiger charge is 2.12. The summed E-state index contributed by atoms with van der Waals surface area (Å²) in [6.45, 7) is 0. The highest BCUT2D eigenvalue weighted by molar-refractivity contribution is 7.91. The molecule has 0 aliphatic carbocycles. The van der Waals surface area contributed by atoms with E-state index in [0.717, 1.165) is 5.52 Å². The molecule has 2 radical (unpaired) electrons. The van der Waals surface area contributed by atoms with Gasteiger partial charge in [-0.25, -0.2) is 8.42 Å². The number of aromatic amines is 1. The predicted molar refractivity (Wildman–Crippen MR) is 56.8 cm³/mol. The second-order valence-electron chi connectivity index (χ2n) is 3.23. The third-order valence-electron chi connectivity index (χ3n) is 2.07. The number of aromatic nitrogens is 1. The third kappa shape index (κ3) is 1.44. The monoisotopic (exact) mass is 205 g/mol. The van der Waals surface area contributed by atoms with Gasteiger partial charge < -0.3 is 4.98 Å². The molecule has 1 aromatic heterocycles. The lowest BCUT2D eigenvalue weighted by Crippen LogP contribution is -2.00. The first kappa shape index (κ1) is 9.33. The second kappa shape index (κ2) is 2.88. The van der Waals surface area contributed by atoms with E-state index in [-0.39, 0.29) is 0 Å². The van der Waals surface area contributed by atoms with E-state index in [0.29, 0.717) is 15.7 Å². The quantitative estimate of drug-likeness (QED) is 0.683. The van der Waals surface area contributed by atoms with Crippen LogP contribution in [0.4, 0.5) is 0 Å². The molecule has 0 unspecified atom stereocenters. The number of benzene rings is 1. The second-order valence-corrected chi connectivity index (χ2v) is 5.21. The molecule has 0 saturated carbocycles. The fourth-order valence-electron chi connectivity index (χ4n) is 1.42. The molecule has 1 N–H and O–H groups in total. The van der Waals surface area contributed by atoms with Gasteiger partial charge in [0.25, 0.3) is 0 Å². The molecule has 2 rings (SSSR count). The zero-order valence-corrected chi connectivity index (χ0v) is 8.43. The lowest BCUT2D eigenvalue weighted by atomic mass is 9.96. The summed E-state index contributed by atoms with van der Waals surface area (Å²) in [5, 5.41) is 0.682. The molecule has 14 heavy (non-hydrogen) atoms. The Morgan fingerprint density at radius 1 is 1.36 bits per heavy atom. The molecular weight excluding hydrogens is 197 g/mol. The molecule has 2 aromatic rings. The minimum atomic E-state index is -3.17. The molecule has 5 heteroatoms. The van der Waals surface area contributed by atoms with Crippen LogP contribution in [0.25, 0.3) is 10.9 Å². The minimum Gasteiger partial charge on any atom is -0.360 e. The Balaban J connectivity index is 2.83. The molecule has 0 amide bonds. The van der Waals surface area contributed by atoms with Crippen molar-refractivity contribution in [2.45, 2.75) is 4.90 Å². The number of nitrogens with one attached hydrogen (secondary N) is 1. The van der Waals surface area contributed by atoms with Crippen LogP contribution in [0.1, 0.15) is 0 Å². The largest absolute Gasteiger partial charge is 0.360 e. The van der Waals surface area contributed by atoms with Crippen LogP contribution >= 0.6 is 0 Å². The predicted octanol–water partition coefficient (Wildman–Crippen LogP) is 0.365. The standard InChI is InChI=1S/C9H8BNO2S/c1-14(12,13)9-5-11-8-4-6(10)2-3-7(8)9/h2-5,11H,1H3. The Labute approximate surface area is 83.5 Å². The Morgan fingerprint density at radius 3 is 2.71 bits per heavy atom. The molecule has 0 aliphatic heterocycles. The minimum absolute atomic E-state index is 0.313. The Hall–Kier alpha value is -1.23. The Kier molecular flexibility index (Phi) is 1.92. The van der Waals surface area contributed by atoms with Crippen LogP contribution in [-0.2, 0) is 9.84 Å². The van der Waals surface area contributed by atoms with E-state index >= 15 is 0 Å². The van der Waals surface area contributed by atoms with E-state index in [1.165, 1.54) is 12.5 Å². The zero-order valence-electron chi connectivity index (χ0n) is 7.61. The van der Waals surface area contributed by atoms with Crippen LogP contribution in [0.3, 0.4) is 0 Å². The van der Waals surface area contributed by atoms with Gasteiger partial charge in [0.1, 0.15) is 7.85 Å². The van der Waals surface area contributed by atoms with Crippen LogP contribution in [-0.4, -0.2) is 27.5 Å². The molecule has 0 spiro atoms. The molecule has 0 saturated heterocycles. The number of sulfone groups is 1. The van der Waals surface area contributed by atoms with Crippen LogP contribution in [0.2, 0.25) is 0 Å². The van der Waals surface area contributed by atoms with Crippen molar-refractivity contribution in [3.05, 3.63) is 24.4 Å². The summed E-state index contributed by atoms with van der Waals surface area (Å²) in [5.41, 5.74) is 1.35. The average molecular weight is 205 g/mol. The van der Waals surface area contributed by atoms with Crippen molar-refractivity contribution in [2.24, 2.45) is 0 Å². The maximum Gasteiger partial charge on any atom is 0.177 e. The maximum atomic E-state index is 11.3. The van der Waals surface area contributed by atoms with Gasteiger partial charge in [0.2, 0.25) is 0 Å². The van der Waals surface area contributed by atoms with Gasteiger partial charge >= 0.3 is 0 Å². The molecule has 1 aromatic carbocycles. The highest BCUT2D eigenvalue weighted by Crippen LogP contribution is 2.20. The number of H-pyrrole nitrogens is 1. The van der Waals surface area contributed by atoms with Gasteiger partial charge in [-0.2, -0.15) is 0 Å². The Morgan fingerprint density at radius 2 is 2.07 bits per heavy atom. The first-order valence-electron chi connectivity index (χ1n) is 4.05. The first-order valence-corrected chi connectivity index (χ1v) is 5.94. The summed E-state index contributed by atoms with van der Waals surface area (Å²) in [5.74, 6) is 0. The van der Waals surface area contributed by atoms with Crippen LogP contribution < -0.4 is 5.46 Å². The van der Waals surface area contributed by atoms with E-state index in [9.17, 15) is 8.42 Å². The third-order valence-corrected chi connectivity index (χ3v) is 3.20. The molecule has 70 valence electrons. The smallest absolute Gasteiger partial charge is 0.177 e. The molecule has 1 heterocycles. The highest BCUT2D eigenvalue weighted by atomic mass is 32.2. The van der Waals surface area contributed by atoms with E-state index < -0.39 is 9.84 Å². The molecule has 0 atom stereocenters. The lowest BCUT2D eigenvalue weighted by Gasteiger charge is -1.96. The van der Waals surface area contributed by atoms with Crippen molar-refractivity contribution in [3.8, 4) is 0 Å². The Bertz CT molecular complexity index is 586. The van der Waals surface area contributed by atoms with Gasteiger partial charge in [0, 0.05) is 23.4 Å². The van der Waals surface area contributed by atoms with Gasteiger partial charge in [-0.15, -0.1) is 0 Å². The SMILES string of the molecule is [B]c1ccc2c(S(C)(=O)=O)c[nH]c2c1. The molecule has 3 nitrogen and oxygen atoms in total. The normalized spacial score (nSPS) is 12.1. The number of rotatable bonds is 1. The van der Waals surface area contributed by atoms with E-state index in [1.54, 1.807) is 18.2 Å². The van der Waals surface area contributed by atoms with Crippen LogP contribution in [0.15, 0.2) is 29.3 Å². The summed E-state index contributed by atoms with van der Waals surface area (Å²) in [7, 11) is 2.40. The fraction of sp³-hybridized carbons (Fsp3) is 0.111. The van der Waals surface area contributed by atoms with E-state index in [1.807, 2.05) is 0 Å². The summed E-state index contributed by atoms with van der Waals surface area (Å²) >= 11 is 0. The summed E-state index contributed by atoms with van der Waals surface area (Å²) < 4.78 is 22.7. The molecule has 0 aliphatic rings. The van der Waals surface area contributed by atoms with E-state index in [4.69, 9.17) is 7.85 Å². The van der Waals surface area contributed by atoms with Gasteiger partial charge in [-0.05, 0) is 6.07 Å². The van der Waals surface area contributed by atoms with Crippen molar-refractivity contribution in [2.75, 3.05) is 6.26 Å². The van der Waals surface area contributed by atoms with Crippen molar-refractivity contribution < 1.29 is 8.42 Å². The molecular formula is C9H8BNO2S. The topological polar surface area (TPSA) is 49.9 Å². The number of fused-ring (bicyclic) bond motifs is 1.